The maximum atomic E-state index is 14.2. The minimum atomic E-state index is -3.65. The van der Waals surface area contributed by atoms with E-state index in [0.717, 1.165) is 42.8 Å². The van der Waals surface area contributed by atoms with Crippen LogP contribution in [0.5, 0.6) is 5.75 Å². The molecule has 2 N–H and O–H groups in total. The van der Waals surface area contributed by atoms with Gasteiger partial charge in [0.25, 0.3) is 0 Å². The Morgan fingerprint density at radius 1 is 1.08 bits per heavy atom. The molecule has 5 aromatic rings. The molecular weight excluding hydrogens is 647 g/mol. The van der Waals surface area contributed by atoms with E-state index >= 15 is 0 Å². The minimum absolute atomic E-state index is 0.167. The first kappa shape index (κ1) is 34.3. The van der Waals surface area contributed by atoms with Crippen molar-refractivity contribution in [3.8, 4) is 28.1 Å². The average molecular weight is 689 g/mol. The number of methoxy groups -OCH3 is 1. The smallest absolute Gasteiger partial charge is 0.355 e. The van der Waals surface area contributed by atoms with E-state index in [1.165, 1.54) is 12.1 Å². The number of ether oxygens (including phenoxy) is 2. The number of halogens is 1. The molecule has 0 bridgehead atoms. The van der Waals surface area contributed by atoms with Crippen molar-refractivity contribution in [1.82, 2.24) is 29.6 Å². The molecular formula is C36H41FN6O5S. The Labute approximate surface area is 285 Å². The number of fused-ring (bicyclic) bond motifs is 1. The van der Waals surface area contributed by atoms with Crippen LogP contribution in [0.3, 0.4) is 0 Å². The average Bonchev–Trinajstić information content (AvgIpc) is 3.72. The second kappa shape index (κ2) is 14.9. The Kier molecular flexibility index (Phi) is 10.4. The van der Waals surface area contributed by atoms with Gasteiger partial charge in [-0.25, -0.2) is 22.3 Å². The fraction of sp³-hybridized carbons (Fsp3) is 0.361. The van der Waals surface area contributed by atoms with Crippen LogP contribution in [0.2, 0.25) is 0 Å². The summed E-state index contributed by atoms with van der Waals surface area (Å²) >= 11 is 0. The standard InChI is InChI=1S/C36H41FN6O5S/c1-24(2)23-48-36(44)35-34(30-20-27(37)10-13-31(30)39-35)32-22-43(41-40-32)21-25-14-17-42(18-15-25)19-16-38-49(45,46)28-11-8-26(9-12-28)29-6-4-5-7-33(29)47-3/h4-13,20,22,24-25,38-39H,14-19,21,23H2,1-3H3. The molecule has 0 unspecified atom stereocenters. The molecule has 3 aromatic carbocycles. The third-order valence-electron chi connectivity index (χ3n) is 8.76. The van der Waals surface area contributed by atoms with Crippen molar-refractivity contribution in [1.29, 1.82) is 0 Å². The number of hydrogen-bond donors (Lipinski definition) is 2. The van der Waals surface area contributed by atoms with Gasteiger partial charge in [-0.2, -0.15) is 0 Å². The van der Waals surface area contributed by atoms with Crippen LogP contribution in [-0.2, 0) is 21.3 Å². The van der Waals surface area contributed by atoms with Crippen LogP contribution in [0.25, 0.3) is 33.3 Å². The van der Waals surface area contributed by atoms with E-state index in [1.807, 2.05) is 38.1 Å². The summed E-state index contributed by atoms with van der Waals surface area (Å²) in [6.07, 6.45) is 3.62. The molecule has 2 aromatic heterocycles. The van der Waals surface area contributed by atoms with Gasteiger partial charge in [0.05, 0.1) is 24.8 Å². The van der Waals surface area contributed by atoms with Crippen molar-refractivity contribution < 1.29 is 27.1 Å². The van der Waals surface area contributed by atoms with Gasteiger partial charge < -0.3 is 19.4 Å². The number of benzene rings is 3. The molecule has 0 amide bonds. The third kappa shape index (κ3) is 8.01. The van der Waals surface area contributed by atoms with E-state index < -0.39 is 21.8 Å². The molecule has 258 valence electrons. The number of carbonyl (C=O) groups is 1. The zero-order valence-corrected chi connectivity index (χ0v) is 28.7. The molecule has 11 nitrogen and oxygen atoms in total. The van der Waals surface area contributed by atoms with Crippen molar-refractivity contribution in [2.75, 3.05) is 39.9 Å². The van der Waals surface area contributed by atoms with Gasteiger partial charge in [0.15, 0.2) is 0 Å². The fourth-order valence-electron chi connectivity index (χ4n) is 6.18. The number of rotatable bonds is 13. The zero-order chi connectivity index (χ0) is 34.5. The summed E-state index contributed by atoms with van der Waals surface area (Å²) in [5.74, 6) is 0.302. The van der Waals surface area contributed by atoms with E-state index in [-0.39, 0.29) is 23.1 Å². The van der Waals surface area contributed by atoms with Gasteiger partial charge in [0, 0.05) is 41.7 Å². The van der Waals surface area contributed by atoms with Gasteiger partial charge in [-0.15, -0.1) is 5.10 Å². The van der Waals surface area contributed by atoms with Crippen molar-refractivity contribution >= 4 is 26.9 Å². The number of likely N-dealkylation sites (tertiary alicyclic amines) is 1. The highest BCUT2D eigenvalue weighted by Gasteiger charge is 2.25. The number of aromatic nitrogens is 4. The number of para-hydroxylation sites is 1. The van der Waals surface area contributed by atoms with Gasteiger partial charge in [-0.1, -0.05) is 49.4 Å². The van der Waals surface area contributed by atoms with Gasteiger partial charge in [-0.3, -0.25) is 4.68 Å². The summed E-state index contributed by atoms with van der Waals surface area (Å²) in [7, 11) is -2.04. The summed E-state index contributed by atoms with van der Waals surface area (Å²) in [4.78, 5) is 18.5. The maximum Gasteiger partial charge on any atom is 0.355 e. The van der Waals surface area contributed by atoms with Crippen LogP contribution in [0.15, 0.2) is 77.8 Å². The summed E-state index contributed by atoms with van der Waals surface area (Å²) in [5, 5.41) is 9.23. The largest absolute Gasteiger partial charge is 0.496 e. The number of nitrogens with zero attached hydrogens (tertiary/aromatic N) is 4. The molecule has 3 heterocycles. The zero-order valence-electron chi connectivity index (χ0n) is 27.9. The van der Waals surface area contributed by atoms with Crippen molar-refractivity contribution in [2.24, 2.45) is 11.8 Å². The fourth-order valence-corrected chi connectivity index (χ4v) is 7.20. The molecule has 1 saturated heterocycles. The van der Waals surface area contributed by atoms with Gasteiger partial charge in [0.2, 0.25) is 10.0 Å². The van der Waals surface area contributed by atoms with Crippen LogP contribution in [0.1, 0.15) is 37.2 Å². The Morgan fingerprint density at radius 3 is 2.57 bits per heavy atom. The van der Waals surface area contributed by atoms with Crippen molar-refractivity contribution in [3.05, 3.63) is 84.4 Å². The van der Waals surface area contributed by atoms with Crippen LogP contribution in [0.4, 0.5) is 4.39 Å². The molecule has 1 aliphatic rings. The number of esters is 1. The normalized spacial score (nSPS) is 14.5. The van der Waals surface area contributed by atoms with E-state index in [4.69, 9.17) is 9.47 Å². The molecule has 1 fully saturated rings. The predicted molar refractivity (Wildman–Crippen MR) is 185 cm³/mol. The number of carbonyl (C=O) groups excluding carboxylic acids is 1. The van der Waals surface area contributed by atoms with Gasteiger partial charge in [0.1, 0.15) is 23.0 Å². The lowest BCUT2D eigenvalue weighted by Gasteiger charge is -2.31. The van der Waals surface area contributed by atoms with Gasteiger partial charge in [-0.05, 0) is 79.7 Å². The molecule has 49 heavy (non-hydrogen) atoms. The number of aromatic amines is 1. The number of sulfonamides is 1. The van der Waals surface area contributed by atoms with Crippen molar-refractivity contribution in [3.63, 3.8) is 0 Å². The van der Waals surface area contributed by atoms with Crippen LogP contribution in [0, 0.1) is 17.7 Å². The molecule has 0 radical (unpaired) electrons. The second-order valence-electron chi connectivity index (χ2n) is 12.8. The molecule has 0 saturated carbocycles. The Bertz CT molecular complexity index is 2020. The van der Waals surface area contributed by atoms with Crippen LogP contribution in [-0.4, -0.2) is 79.2 Å². The number of hydrogen-bond acceptors (Lipinski definition) is 8. The highest BCUT2D eigenvalue weighted by Crippen LogP contribution is 2.33. The van der Waals surface area contributed by atoms with E-state index in [0.29, 0.717) is 47.7 Å². The maximum absolute atomic E-state index is 14.2. The first-order valence-electron chi connectivity index (χ1n) is 16.5. The Morgan fingerprint density at radius 2 is 1.84 bits per heavy atom. The molecule has 13 heteroatoms. The van der Waals surface area contributed by atoms with E-state index in [9.17, 15) is 17.6 Å². The molecule has 6 rings (SSSR count). The summed E-state index contributed by atoms with van der Waals surface area (Å²) in [6.45, 7) is 7.38. The highest BCUT2D eigenvalue weighted by atomic mass is 32.2. The van der Waals surface area contributed by atoms with E-state index in [1.54, 1.807) is 48.3 Å². The molecule has 0 atom stereocenters. The summed E-state index contributed by atoms with van der Waals surface area (Å²) in [6, 6.07) is 18.7. The minimum Gasteiger partial charge on any atom is -0.496 e. The van der Waals surface area contributed by atoms with Gasteiger partial charge >= 0.3 is 5.97 Å². The number of nitrogens with one attached hydrogen (secondary N) is 2. The monoisotopic (exact) mass is 688 g/mol. The second-order valence-corrected chi connectivity index (χ2v) is 14.6. The first-order chi connectivity index (χ1) is 23.6. The van der Waals surface area contributed by atoms with Crippen LogP contribution < -0.4 is 9.46 Å². The highest BCUT2D eigenvalue weighted by molar-refractivity contribution is 7.89. The third-order valence-corrected chi connectivity index (χ3v) is 10.2. The predicted octanol–water partition coefficient (Wildman–Crippen LogP) is 5.74. The van der Waals surface area contributed by atoms with Crippen LogP contribution >= 0.6 is 0 Å². The van der Waals surface area contributed by atoms with E-state index in [2.05, 4.69) is 24.9 Å². The molecule has 1 aliphatic heterocycles. The SMILES string of the molecule is COc1ccccc1-c1ccc(S(=O)(=O)NCCN2CCC(Cn3cc(-c4c(C(=O)OCC(C)C)[nH]c5ccc(F)cc45)nn3)CC2)cc1. The molecule has 0 spiro atoms. The topological polar surface area (TPSA) is 131 Å². The quantitative estimate of drug-likeness (QED) is 0.150. The van der Waals surface area contributed by atoms with Crippen molar-refractivity contribution in [2.45, 2.75) is 38.1 Å². The lowest BCUT2D eigenvalue weighted by Crippen LogP contribution is -2.40. The number of H-pyrrole nitrogens is 1. The lowest BCUT2D eigenvalue weighted by atomic mass is 9.97. The number of piperidine rings is 1. The lowest BCUT2D eigenvalue weighted by molar-refractivity contribution is 0.0454. The Balaban J connectivity index is 1.02. The summed E-state index contributed by atoms with van der Waals surface area (Å²) in [5.41, 5.74) is 3.54. The molecule has 0 aliphatic carbocycles. The summed E-state index contributed by atoms with van der Waals surface area (Å²) < 4.78 is 55.6. The first-order valence-corrected chi connectivity index (χ1v) is 17.9. The Hall–Kier alpha value is -4.59.